The van der Waals surface area contributed by atoms with Crippen LogP contribution < -0.4 is 10.6 Å². The first-order valence-electron chi connectivity index (χ1n) is 23.6. The first kappa shape index (κ1) is 44.3. The topological polar surface area (TPSA) is 117 Å². The molecule has 1 heterocycles. The van der Waals surface area contributed by atoms with E-state index in [0.29, 0.717) is 78.7 Å². The maximum Gasteiger partial charge on any atom is 0.250 e. The highest BCUT2D eigenvalue weighted by Crippen LogP contribution is 2.73. The number of fused-ring (bicyclic) bond motifs is 7. The van der Waals surface area contributed by atoms with Gasteiger partial charge in [0.25, 0.3) is 5.91 Å². The zero-order chi connectivity index (χ0) is 42.0. The predicted molar refractivity (Wildman–Crippen MR) is 233 cm³/mol. The minimum absolute atomic E-state index is 0.0357. The molecule has 0 aromatic heterocycles. The number of carbonyl (C=O) groups is 3. The van der Waals surface area contributed by atoms with Crippen molar-refractivity contribution in [1.82, 2.24) is 15.5 Å². The van der Waals surface area contributed by atoms with E-state index in [2.05, 4.69) is 49.8 Å². The molecule has 2 amide bonds. The van der Waals surface area contributed by atoms with Gasteiger partial charge in [-0.1, -0.05) is 52.8 Å². The third-order valence-corrected chi connectivity index (χ3v) is 17.9. The molecule has 7 rings (SSSR count). The molecule has 0 radical (unpaired) electrons. The fourth-order valence-electron chi connectivity index (χ4n) is 14.7. The van der Waals surface area contributed by atoms with Gasteiger partial charge in [-0.2, -0.15) is 0 Å². The Kier molecular flexibility index (Phi) is 13.7. The number of hydrogen-bond donors (Lipinski definition) is 3. The van der Waals surface area contributed by atoms with Gasteiger partial charge in [0.15, 0.2) is 0 Å². The van der Waals surface area contributed by atoms with Crippen molar-refractivity contribution in [2.45, 2.75) is 137 Å². The standard InChI is InChI=1S/C50H77N3O6/c1-7-34(29-36(8-2)45(56)51-32-35-12-14-41(37(30-35)33-54)59-26-10-23-53-24-27-58-28-25-53)31-52-46(57)50-19-9-11-40(50)38-13-15-43-48(5,39(38)16-22-50)20-17-42-47(3,4)44(55)18-21-49(42,43)6/h7-8,29,33,35,38-40,42-44,55H,1,9-28,30-32H2,2-6H3,(H,51,56)(H,52,57)/b34-29+,36-8+. The Labute approximate surface area is 355 Å². The molecule has 6 fully saturated rings. The summed E-state index contributed by atoms with van der Waals surface area (Å²) in [5.74, 6) is 3.95. The average Bonchev–Trinajstić information content (AvgIpc) is 3.70. The van der Waals surface area contributed by atoms with Crippen LogP contribution in [0.5, 0.6) is 0 Å². The van der Waals surface area contributed by atoms with E-state index >= 15 is 0 Å². The molecule has 10 unspecified atom stereocenters. The van der Waals surface area contributed by atoms with Crippen molar-refractivity contribution >= 4 is 18.1 Å². The Morgan fingerprint density at radius 3 is 2.46 bits per heavy atom. The van der Waals surface area contributed by atoms with Crippen molar-refractivity contribution in [3.63, 3.8) is 0 Å². The van der Waals surface area contributed by atoms with Gasteiger partial charge in [-0.25, -0.2) is 0 Å². The molecule has 9 nitrogen and oxygen atoms in total. The van der Waals surface area contributed by atoms with Crippen LogP contribution in [0.25, 0.3) is 0 Å². The van der Waals surface area contributed by atoms with E-state index in [1.165, 1.54) is 25.7 Å². The van der Waals surface area contributed by atoms with Gasteiger partial charge in [0.2, 0.25) is 5.91 Å². The van der Waals surface area contributed by atoms with Crippen LogP contribution in [0.2, 0.25) is 0 Å². The summed E-state index contributed by atoms with van der Waals surface area (Å²) in [6.45, 7) is 21.7. The van der Waals surface area contributed by atoms with E-state index in [9.17, 15) is 19.5 Å². The van der Waals surface area contributed by atoms with Gasteiger partial charge < -0.3 is 25.2 Å². The Balaban J connectivity index is 0.914. The summed E-state index contributed by atoms with van der Waals surface area (Å²) in [6.07, 6.45) is 21.6. The molecular formula is C50H77N3O6. The number of amides is 2. The number of morpholine rings is 1. The van der Waals surface area contributed by atoms with Crippen molar-refractivity contribution in [3.8, 4) is 0 Å². The van der Waals surface area contributed by atoms with Gasteiger partial charge in [-0.15, -0.1) is 0 Å². The number of aldehydes is 1. The van der Waals surface area contributed by atoms with E-state index in [1.807, 2.05) is 19.1 Å². The maximum absolute atomic E-state index is 14.4. The zero-order valence-electron chi connectivity index (χ0n) is 37.3. The summed E-state index contributed by atoms with van der Waals surface area (Å²) >= 11 is 0. The van der Waals surface area contributed by atoms with Crippen LogP contribution >= 0.6 is 0 Å². The summed E-state index contributed by atoms with van der Waals surface area (Å²) in [5, 5.41) is 17.5. The van der Waals surface area contributed by atoms with Crippen LogP contribution in [0.1, 0.15) is 131 Å². The van der Waals surface area contributed by atoms with Crippen molar-refractivity contribution in [2.75, 3.05) is 52.5 Å². The van der Waals surface area contributed by atoms with Crippen molar-refractivity contribution in [3.05, 3.63) is 47.3 Å². The quantitative estimate of drug-likeness (QED) is 0.0703. The number of ether oxygens (including phenoxy) is 2. The number of aliphatic hydroxyl groups is 1. The SMILES string of the molecule is C=C/C(=C\C(=C/C)C(=O)NCC1CCC(OCCCN2CCOCC2)=C(C=O)C1)CNC(=O)C12CCCC1C1CCC3C(C)(CCC4C(C)(C)C(O)CCC43C)C1CC2. The summed E-state index contributed by atoms with van der Waals surface area (Å²) in [4.78, 5) is 42.3. The van der Waals surface area contributed by atoms with Crippen LogP contribution in [-0.2, 0) is 23.9 Å². The van der Waals surface area contributed by atoms with Gasteiger partial charge in [0.05, 0.1) is 31.3 Å². The van der Waals surface area contributed by atoms with E-state index in [0.717, 1.165) is 108 Å². The fraction of sp³-hybridized carbons (Fsp3) is 0.780. The van der Waals surface area contributed by atoms with Crippen molar-refractivity contribution < 1.29 is 29.0 Å². The van der Waals surface area contributed by atoms with Crippen LogP contribution in [0.15, 0.2) is 47.3 Å². The Morgan fingerprint density at radius 1 is 0.932 bits per heavy atom. The highest BCUT2D eigenvalue weighted by Gasteiger charge is 2.67. The number of hydrogen-bond acceptors (Lipinski definition) is 7. The average molecular weight is 816 g/mol. The zero-order valence-corrected chi connectivity index (χ0v) is 37.3. The van der Waals surface area contributed by atoms with Crippen LogP contribution in [0, 0.1) is 57.2 Å². The second-order valence-electron chi connectivity index (χ2n) is 21.0. The molecule has 5 saturated carbocycles. The van der Waals surface area contributed by atoms with Gasteiger partial charge >= 0.3 is 0 Å². The van der Waals surface area contributed by atoms with Gasteiger partial charge in [0, 0.05) is 50.3 Å². The number of carbonyl (C=O) groups excluding carboxylic acids is 3. The lowest BCUT2D eigenvalue weighted by Crippen LogP contribution is -2.63. The molecule has 1 saturated heterocycles. The highest BCUT2D eigenvalue weighted by atomic mass is 16.5. The third kappa shape index (κ3) is 8.56. The second kappa shape index (κ2) is 18.3. The Bertz CT molecular complexity index is 1660. The number of rotatable bonds is 14. The lowest BCUT2D eigenvalue weighted by atomic mass is 9.36. The minimum atomic E-state index is -0.307. The molecule has 7 aliphatic rings. The predicted octanol–water partition coefficient (Wildman–Crippen LogP) is 8.10. The lowest BCUT2D eigenvalue weighted by molar-refractivity contribution is -0.214. The maximum atomic E-state index is 14.4. The molecule has 59 heavy (non-hydrogen) atoms. The molecule has 328 valence electrons. The molecule has 10 atom stereocenters. The van der Waals surface area contributed by atoms with E-state index in [1.54, 1.807) is 6.08 Å². The number of aliphatic hydroxyl groups excluding tert-OH is 1. The number of nitrogens with one attached hydrogen (secondary N) is 2. The first-order valence-corrected chi connectivity index (χ1v) is 23.6. The molecule has 0 bridgehead atoms. The molecule has 0 aromatic carbocycles. The van der Waals surface area contributed by atoms with Crippen LogP contribution in [0.4, 0.5) is 0 Å². The molecule has 9 heteroatoms. The summed E-state index contributed by atoms with van der Waals surface area (Å²) < 4.78 is 11.5. The minimum Gasteiger partial charge on any atom is -0.497 e. The van der Waals surface area contributed by atoms with E-state index in [4.69, 9.17) is 9.47 Å². The molecule has 1 aliphatic heterocycles. The lowest BCUT2D eigenvalue weighted by Gasteiger charge is -2.69. The smallest absolute Gasteiger partial charge is 0.250 e. The first-order chi connectivity index (χ1) is 28.3. The Morgan fingerprint density at radius 2 is 1.71 bits per heavy atom. The molecule has 3 N–H and O–H groups in total. The van der Waals surface area contributed by atoms with Gasteiger partial charge in [-0.3, -0.25) is 19.3 Å². The third-order valence-electron chi connectivity index (χ3n) is 17.9. The van der Waals surface area contributed by atoms with Crippen LogP contribution in [-0.4, -0.2) is 86.8 Å². The Hall–Kier alpha value is -2.75. The van der Waals surface area contributed by atoms with Gasteiger partial charge in [-0.05, 0) is 154 Å². The fourth-order valence-corrected chi connectivity index (χ4v) is 14.7. The largest absolute Gasteiger partial charge is 0.497 e. The highest BCUT2D eigenvalue weighted by molar-refractivity contribution is 5.96. The van der Waals surface area contributed by atoms with E-state index in [-0.39, 0.29) is 40.1 Å². The summed E-state index contributed by atoms with van der Waals surface area (Å²) in [6, 6.07) is 0. The number of allylic oxidation sites excluding steroid dienone is 3. The van der Waals surface area contributed by atoms with Crippen molar-refractivity contribution in [1.29, 1.82) is 0 Å². The molecule has 6 aliphatic carbocycles. The molecule has 0 aromatic rings. The monoisotopic (exact) mass is 816 g/mol. The van der Waals surface area contributed by atoms with Crippen LogP contribution in [0.3, 0.4) is 0 Å². The van der Waals surface area contributed by atoms with Gasteiger partial charge in [0.1, 0.15) is 12.0 Å². The molecule has 0 spiro atoms. The molecular weight excluding hydrogens is 739 g/mol. The second-order valence-corrected chi connectivity index (χ2v) is 21.0. The number of nitrogens with zero attached hydrogens (tertiary/aromatic N) is 1. The van der Waals surface area contributed by atoms with E-state index < -0.39 is 0 Å². The summed E-state index contributed by atoms with van der Waals surface area (Å²) in [5.41, 5.74) is 2.30. The van der Waals surface area contributed by atoms with Crippen molar-refractivity contribution in [2.24, 2.45) is 57.2 Å². The normalized spacial score (nSPS) is 38.6. The summed E-state index contributed by atoms with van der Waals surface area (Å²) in [7, 11) is 0.